The average Bonchev–Trinajstić information content (AvgIpc) is 2.47. The summed E-state index contributed by atoms with van der Waals surface area (Å²) in [4.78, 5) is 13.4. The Morgan fingerprint density at radius 3 is 2.83 bits per heavy atom. The van der Waals surface area contributed by atoms with Crippen LogP contribution in [0.15, 0.2) is 12.7 Å². The first-order chi connectivity index (χ1) is 8.27. The fourth-order valence-corrected chi connectivity index (χ4v) is 2.69. The zero-order valence-corrected chi connectivity index (χ0v) is 11.2. The van der Waals surface area contributed by atoms with Crippen LogP contribution in [0.3, 0.4) is 0 Å². The summed E-state index contributed by atoms with van der Waals surface area (Å²) in [6, 6.07) is -0.264. The standard InChI is InChI=1S/C13H21FN2O2/c1-5-9-10-6-7-13(14,8-15-9)16(10)11(17)18-12(2,3)4/h5,9-10,15H,1,6-8H2,2-4H3/t9-,10+,13-/m1/s1. The van der Waals surface area contributed by atoms with E-state index < -0.39 is 17.5 Å². The molecule has 0 aromatic heterocycles. The third-order valence-corrected chi connectivity index (χ3v) is 3.45. The molecule has 3 atom stereocenters. The Bertz CT molecular complexity index is 366. The van der Waals surface area contributed by atoms with Crippen LogP contribution in [0.1, 0.15) is 33.6 Å². The molecule has 0 saturated carbocycles. The van der Waals surface area contributed by atoms with Gasteiger partial charge < -0.3 is 10.1 Å². The van der Waals surface area contributed by atoms with Gasteiger partial charge in [0.15, 0.2) is 0 Å². The third kappa shape index (κ3) is 2.23. The number of fused-ring (bicyclic) bond motifs is 2. The van der Waals surface area contributed by atoms with Gasteiger partial charge in [-0.25, -0.2) is 9.18 Å². The van der Waals surface area contributed by atoms with Gasteiger partial charge >= 0.3 is 6.09 Å². The van der Waals surface area contributed by atoms with Gasteiger partial charge in [0.1, 0.15) is 5.60 Å². The Hall–Kier alpha value is -1.10. The molecule has 4 nitrogen and oxygen atoms in total. The highest BCUT2D eigenvalue weighted by molar-refractivity contribution is 5.70. The van der Waals surface area contributed by atoms with Gasteiger partial charge in [0.2, 0.25) is 5.79 Å². The van der Waals surface area contributed by atoms with Crippen LogP contribution in [0.25, 0.3) is 0 Å². The number of nitrogens with one attached hydrogen (secondary N) is 1. The van der Waals surface area contributed by atoms with Gasteiger partial charge in [-0.05, 0) is 27.2 Å². The van der Waals surface area contributed by atoms with Crippen LogP contribution >= 0.6 is 0 Å². The number of rotatable bonds is 1. The molecule has 1 amide bonds. The Labute approximate surface area is 107 Å². The minimum Gasteiger partial charge on any atom is -0.444 e. The van der Waals surface area contributed by atoms with E-state index in [1.807, 2.05) is 0 Å². The molecule has 1 N–H and O–H groups in total. The molecule has 0 aromatic rings. The fourth-order valence-electron chi connectivity index (χ4n) is 2.69. The van der Waals surface area contributed by atoms with Gasteiger partial charge in [-0.3, -0.25) is 4.90 Å². The number of carbonyl (C=O) groups is 1. The molecule has 0 unspecified atom stereocenters. The fraction of sp³-hybridized carbons (Fsp3) is 0.769. The van der Waals surface area contributed by atoms with Crippen LogP contribution in [0, 0.1) is 0 Å². The first kappa shape index (κ1) is 13.3. The summed E-state index contributed by atoms with van der Waals surface area (Å²) >= 11 is 0. The first-order valence-electron chi connectivity index (χ1n) is 6.34. The van der Waals surface area contributed by atoms with Gasteiger partial charge in [-0.2, -0.15) is 0 Å². The van der Waals surface area contributed by atoms with E-state index in [-0.39, 0.29) is 18.6 Å². The van der Waals surface area contributed by atoms with Crippen molar-refractivity contribution in [1.82, 2.24) is 10.2 Å². The van der Waals surface area contributed by atoms with Crippen molar-refractivity contribution in [2.45, 2.75) is 57.1 Å². The Kier molecular flexibility index (Phi) is 3.13. The van der Waals surface area contributed by atoms with E-state index in [1.165, 1.54) is 4.90 Å². The molecule has 0 spiro atoms. The minimum absolute atomic E-state index is 0.0658. The molecule has 2 heterocycles. The largest absolute Gasteiger partial charge is 0.444 e. The van der Waals surface area contributed by atoms with Crippen LogP contribution in [-0.4, -0.2) is 41.0 Å². The Morgan fingerprint density at radius 2 is 2.28 bits per heavy atom. The number of amides is 1. The summed E-state index contributed by atoms with van der Waals surface area (Å²) in [6.45, 7) is 9.21. The second-order valence-corrected chi connectivity index (χ2v) is 6.02. The zero-order valence-electron chi connectivity index (χ0n) is 11.2. The number of ether oxygens (including phenoxy) is 1. The van der Waals surface area contributed by atoms with Crippen molar-refractivity contribution >= 4 is 6.09 Å². The van der Waals surface area contributed by atoms with E-state index in [4.69, 9.17) is 4.74 Å². The van der Waals surface area contributed by atoms with E-state index in [0.717, 1.165) is 0 Å². The SMILES string of the molecule is C=C[C@H]1NC[C@@]2(F)CC[C@@H]1N2C(=O)OC(C)(C)C. The normalized spacial score (nSPS) is 35.4. The van der Waals surface area contributed by atoms with Gasteiger partial charge in [0, 0.05) is 19.0 Å². The molecule has 2 saturated heterocycles. The van der Waals surface area contributed by atoms with Crippen LogP contribution in [0.4, 0.5) is 9.18 Å². The van der Waals surface area contributed by atoms with E-state index in [0.29, 0.717) is 12.8 Å². The summed E-state index contributed by atoms with van der Waals surface area (Å²) < 4.78 is 20.0. The molecule has 2 fully saturated rings. The lowest BCUT2D eigenvalue weighted by atomic mass is 10.1. The first-order valence-corrected chi connectivity index (χ1v) is 6.34. The van der Waals surface area contributed by atoms with Gasteiger partial charge in [0.05, 0.1) is 6.04 Å². The lowest BCUT2D eigenvalue weighted by molar-refractivity contribution is -0.0615. The second kappa shape index (κ2) is 4.23. The summed E-state index contributed by atoms with van der Waals surface area (Å²) in [5.41, 5.74) is -0.610. The number of alkyl halides is 1. The van der Waals surface area contributed by atoms with Gasteiger partial charge in [-0.1, -0.05) is 6.08 Å². The highest BCUT2D eigenvalue weighted by Gasteiger charge is 2.55. The molecule has 18 heavy (non-hydrogen) atoms. The van der Waals surface area contributed by atoms with Gasteiger partial charge in [0.25, 0.3) is 0 Å². The Morgan fingerprint density at radius 1 is 1.61 bits per heavy atom. The van der Waals surface area contributed by atoms with Crippen molar-refractivity contribution in [2.24, 2.45) is 0 Å². The number of piperazine rings is 1. The maximum Gasteiger partial charge on any atom is 0.413 e. The van der Waals surface area contributed by atoms with Crippen LogP contribution < -0.4 is 5.32 Å². The quantitative estimate of drug-likeness (QED) is 0.577. The highest BCUT2D eigenvalue weighted by atomic mass is 19.1. The van der Waals surface area contributed by atoms with E-state index >= 15 is 0 Å². The van der Waals surface area contributed by atoms with Crippen LogP contribution in [0.2, 0.25) is 0 Å². The van der Waals surface area contributed by atoms with Crippen molar-refractivity contribution in [3.63, 3.8) is 0 Å². The highest BCUT2D eigenvalue weighted by Crippen LogP contribution is 2.40. The molecular weight excluding hydrogens is 235 g/mol. The van der Waals surface area contributed by atoms with Crippen molar-refractivity contribution < 1.29 is 13.9 Å². The number of halogens is 1. The topological polar surface area (TPSA) is 41.6 Å². The average molecular weight is 256 g/mol. The van der Waals surface area contributed by atoms with E-state index in [9.17, 15) is 9.18 Å². The zero-order chi connectivity index (χ0) is 13.6. The molecular formula is C13H21FN2O2. The molecule has 2 rings (SSSR count). The second-order valence-electron chi connectivity index (χ2n) is 6.02. The number of carbonyl (C=O) groups excluding carboxylic acids is 1. The maximum absolute atomic E-state index is 14.7. The van der Waals surface area contributed by atoms with Crippen molar-refractivity contribution in [1.29, 1.82) is 0 Å². The predicted octanol–water partition coefficient (Wildman–Crippen LogP) is 2.21. The number of hydrogen-bond donors (Lipinski definition) is 1. The third-order valence-electron chi connectivity index (χ3n) is 3.45. The van der Waals surface area contributed by atoms with Crippen LogP contribution in [0.5, 0.6) is 0 Å². The summed E-state index contributed by atoms with van der Waals surface area (Å²) in [5.74, 6) is -1.62. The molecule has 102 valence electrons. The monoisotopic (exact) mass is 256 g/mol. The summed E-state index contributed by atoms with van der Waals surface area (Å²) in [7, 11) is 0. The lowest BCUT2D eigenvalue weighted by Crippen LogP contribution is -2.64. The molecule has 5 heteroatoms. The molecule has 2 aliphatic heterocycles. The van der Waals surface area contributed by atoms with Crippen molar-refractivity contribution in [2.75, 3.05) is 6.54 Å². The number of hydrogen-bond acceptors (Lipinski definition) is 3. The number of nitrogens with zero attached hydrogens (tertiary/aromatic N) is 1. The summed E-state index contributed by atoms with van der Waals surface area (Å²) in [6.07, 6.45) is 2.15. The smallest absolute Gasteiger partial charge is 0.413 e. The molecule has 0 aliphatic carbocycles. The molecule has 0 aromatic carbocycles. The van der Waals surface area contributed by atoms with E-state index in [1.54, 1.807) is 26.8 Å². The van der Waals surface area contributed by atoms with Gasteiger partial charge in [-0.15, -0.1) is 6.58 Å². The molecule has 0 radical (unpaired) electrons. The summed E-state index contributed by atoms with van der Waals surface area (Å²) in [5, 5.41) is 3.08. The van der Waals surface area contributed by atoms with Crippen LogP contribution in [-0.2, 0) is 4.74 Å². The predicted molar refractivity (Wildman–Crippen MR) is 66.9 cm³/mol. The molecule has 2 bridgehead atoms. The minimum atomic E-state index is -1.62. The Balaban J connectivity index is 2.20. The van der Waals surface area contributed by atoms with E-state index in [2.05, 4.69) is 11.9 Å². The maximum atomic E-state index is 14.7. The van der Waals surface area contributed by atoms with Crippen molar-refractivity contribution in [3.05, 3.63) is 12.7 Å². The van der Waals surface area contributed by atoms with Crippen molar-refractivity contribution in [3.8, 4) is 0 Å². The lowest BCUT2D eigenvalue weighted by Gasteiger charge is -2.43. The molecule has 2 aliphatic rings.